The number of carbonyl (C=O) groups is 2. The van der Waals surface area contributed by atoms with Gasteiger partial charge in [0.15, 0.2) is 0 Å². The summed E-state index contributed by atoms with van der Waals surface area (Å²) in [4.78, 5) is 30.3. The number of nitrogens with two attached hydrogens (primary N) is 1. The van der Waals surface area contributed by atoms with E-state index < -0.39 is 0 Å². The molecule has 1 saturated heterocycles. The van der Waals surface area contributed by atoms with Crippen molar-refractivity contribution < 1.29 is 9.59 Å². The number of anilines is 2. The van der Waals surface area contributed by atoms with Gasteiger partial charge in [-0.1, -0.05) is 45.0 Å². The van der Waals surface area contributed by atoms with Crippen molar-refractivity contribution in [1.82, 2.24) is 4.98 Å². The Bertz CT molecular complexity index is 870. The lowest BCUT2D eigenvalue weighted by molar-refractivity contribution is -0.122. The zero-order valence-electron chi connectivity index (χ0n) is 18.1. The molecule has 0 saturated carbocycles. The molecule has 1 fully saturated rings. The van der Waals surface area contributed by atoms with Crippen LogP contribution in [0.15, 0.2) is 42.6 Å². The molecule has 1 aromatic heterocycles. The summed E-state index contributed by atoms with van der Waals surface area (Å²) in [6.45, 7) is 8.03. The summed E-state index contributed by atoms with van der Waals surface area (Å²) in [7, 11) is 0. The lowest BCUT2D eigenvalue weighted by atomic mass is 9.86. The predicted molar refractivity (Wildman–Crippen MR) is 120 cm³/mol. The number of hydrogen-bond donors (Lipinski definition) is 2. The number of amides is 2. The Hall–Kier alpha value is -2.89. The van der Waals surface area contributed by atoms with Gasteiger partial charge < -0.3 is 16.0 Å². The number of pyridine rings is 1. The minimum atomic E-state index is -0.253. The molecule has 0 aliphatic carbocycles. The SMILES string of the molecule is CC(C)(C)c1ccc(CCC(=O)Nc2ccc(N3CCCC(C(N)=O)C3)nc2)cc1. The lowest BCUT2D eigenvalue weighted by Crippen LogP contribution is -2.41. The molecular formula is C24H32N4O2. The van der Waals surface area contributed by atoms with Gasteiger partial charge in [-0.2, -0.15) is 0 Å². The number of nitrogens with one attached hydrogen (secondary N) is 1. The molecule has 6 nitrogen and oxygen atoms in total. The van der Waals surface area contributed by atoms with E-state index >= 15 is 0 Å². The number of aryl methyl sites for hydroxylation is 1. The molecule has 2 amide bonds. The number of nitrogens with zero attached hydrogens (tertiary/aromatic N) is 2. The fourth-order valence-corrected chi connectivity index (χ4v) is 3.72. The number of hydrogen-bond acceptors (Lipinski definition) is 4. The Balaban J connectivity index is 1.50. The quantitative estimate of drug-likeness (QED) is 0.764. The Labute approximate surface area is 178 Å². The number of aromatic nitrogens is 1. The van der Waals surface area contributed by atoms with Crippen molar-refractivity contribution in [2.24, 2.45) is 11.7 Å². The highest BCUT2D eigenvalue weighted by Gasteiger charge is 2.24. The molecular weight excluding hydrogens is 376 g/mol. The standard InChI is InChI=1S/C24H32N4O2/c1-24(2,3)19-9-6-17(7-10-19)8-13-22(29)27-20-11-12-21(26-15-20)28-14-4-5-18(16-28)23(25)30/h6-7,9-12,15,18H,4-5,8,13-14,16H2,1-3H3,(H2,25,30)(H,27,29). The number of primary amides is 1. The molecule has 0 radical (unpaired) electrons. The molecule has 3 rings (SSSR count). The van der Waals surface area contributed by atoms with Crippen LogP contribution in [0, 0.1) is 5.92 Å². The van der Waals surface area contributed by atoms with Crippen LogP contribution >= 0.6 is 0 Å². The third kappa shape index (κ3) is 5.81. The van der Waals surface area contributed by atoms with Crippen molar-refractivity contribution in [2.45, 2.75) is 51.9 Å². The van der Waals surface area contributed by atoms with Crippen molar-refractivity contribution in [3.8, 4) is 0 Å². The number of piperidine rings is 1. The van der Waals surface area contributed by atoms with Gasteiger partial charge >= 0.3 is 0 Å². The first-order valence-electron chi connectivity index (χ1n) is 10.6. The van der Waals surface area contributed by atoms with Gasteiger partial charge in [-0.25, -0.2) is 4.98 Å². The third-order valence-electron chi connectivity index (χ3n) is 5.64. The van der Waals surface area contributed by atoms with Crippen LogP contribution in [0.1, 0.15) is 51.2 Å². The highest BCUT2D eigenvalue weighted by Crippen LogP contribution is 2.23. The molecule has 30 heavy (non-hydrogen) atoms. The first-order valence-corrected chi connectivity index (χ1v) is 10.6. The molecule has 1 aliphatic rings. The predicted octanol–water partition coefficient (Wildman–Crippen LogP) is 3.65. The lowest BCUT2D eigenvalue weighted by Gasteiger charge is -2.32. The van der Waals surface area contributed by atoms with Crippen molar-refractivity contribution >= 4 is 23.3 Å². The molecule has 0 bridgehead atoms. The maximum absolute atomic E-state index is 12.3. The van der Waals surface area contributed by atoms with Crippen LogP contribution in [0.4, 0.5) is 11.5 Å². The average molecular weight is 409 g/mol. The van der Waals surface area contributed by atoms with E-state index in [-0.39, 0.29) is 23.1 Å². The van der Waals surface area contributed by atoms with E-state index in [2.05, 4.69) is 60.2 Å². The maximum atomic E-state index is 12.3. The van der Waals surface area contributed by atoms with E-state index in [9.17, 15) is 9.59 Å². The molecule has 1 aromatic carbocycles. The first kappa shape index (κ1) is 21.8. The monoisotopic (exact) mass is 408 g/mol. The third-order valence-corrected chi connectivity index (χ3v) is 5.64. The first-order chi connectivity index (χ1) is 14.2. The molecule has 3 N–H and O–H groups in total. The van der Waals surface area contributed by atoms with Crippen LogP contribution in [-0.2, 0) is 21.4 Å². The Kier molecular flexibility index (Phi) is 6.75. The minimum Gasteiger partial charge on any atom is -0.369 e. The van der Waals surface area contributed by atoms with E-state index in [4.69, 9.17) is 5.73 Å². The number of rotatable bonds is 6. The fourth-order valence-electron chi connectivity index (χ4n) is 3.72. The Morgan fingerprint density at radius 2 is 1.90 bits per heavy atom. The molecule has 1 unspecified atom stereocenters. The summed E-state index contributed by atoms with van der Waals surface area (Å²) in [6.07, 6.45) is 4.54. The second kappa shape index (κ2) is 9.28. The van der Waals surface area contributed by atoms with Crippen LogP contribution in [0.5, 0.6) is 0 Å². The van der Waals surface area contributed by atoms with Gasteiger partial charge in [0.2, 0.25) is 11.8 Å². The number of benzene rings is 1. The van der Waals surface area contributed by atoms with Crippen LogP contribution in [-0.4, -0.2) is 29.9 Å². The molecule has 6 heteroatoms. The highest BCUT2D eigenvalue weighted by atomic mass is 16.2. The second-order valence-electron chi connectivity index (χ2n) is 9.09. The topological polar surface area (TPSA) is 88.3 Å². The summed E-state index contributed by atoms with van der Waals surface area (Å²) in [5.74, 6) is 0.392. The molecule has 160 valence electrons. The molecule has 2 heterocycles. The summed E-state index contributed by atoms with van der Waals surface area (Å²) >= 11 is 0. The molecule has 2 aromatic rings. The van der Waals surface area contributed by atoms with Gasteiger partial charge in [-0.3, -0.25) is 9.59 Å². The summed E-state index contributed by atoms with van der Waals surface area (Å²) in [6, 6.07) is 12.2. The van der Waals surface area contributed by atoms with Gasteiger partial charge in [-0.05, 0) is 47.9 Å². The second-order valence-corrected chi connectivity index (χ2v) is 9.09. The van der Waals surface area contributed by atoms with Crippen LogP contribution in [0.2, 0.25) is 0 Å². The van der Waals surface area contributed by atoms with E-state index in [1.54, 1.807) is 6.20 Å². The summed E-state index contributed by atoms with van der Waals surface area (Å²) in [5, 5.41) is 2.91. The maximum Gasteiger partial charge on any atom is 0.224 e. The van der Waals surface area contributed by atoms with Crippen molar-refractivity contribution in [3.05, 3.63) is 53.7 Å². The molecule has 0 spiro atoms. The summed E-state index contributed by atoms with van der Waals surface area (Å²) in [5.41, 5.74) is 8.70. The zero-order valence-corrected chi connectivity index (χ0v) is 18.1. The van der Waals surface area contributed by atoms with Gasteiger partial charge in [-0.15, -0.1) is 0 Å². The zero-order chi connectivity index (χ0) is 21.7. The normalized spacial score (nSPS) is 16.9. The summed E-state index contributed by atoms with van der Waals surface area (Å²) < 4.78 is 0. The van der Waals surface area contributed by atoms with Gasteiger partial charge in [0.1, 0.15) is 5.82 Å². The van der Waals surface area contributed by atoms with E-state index in [1.807, 2.05) is 12.1 Å². The van der Waals surface area contributed by atoms with Crippen LogP contribution < -0.4 is 16.0 Å². The Morgan fingerprint density at radius 3 is 2.50 bits per heavy atom. The smallest absolute Gasteiger partial charge is 0.224 e. The van der Waals surface area contributed by atoms with Crippen molar-refractivity contribution in [3.63, 3.8) is 0 Å². The van der Waals surface area contributed by atoms with Gasteiger partial charge in [0, 0.05) is 19.5 Å². The van der Waals surface area contributed by atoms with Crippen LogP contribution in [0.3, 0.4) is 0 Å². The van der Waals surface area contributed by atoms with Crippen molar-refractivity contribution in [1.29, 1.82) is 0 Å². The Morgan fingerprint density at radius 1 is 1.17 bits per heavy atom. The largest absolute Gasteiger partial charge is 0.369 e. The van der Waals surface area contributed by atoms with E-state index in [0.717, 1.165) is 30.8 Å². The highest BCUT2D eigenvalue weighted by molar-refractivity contribution is 5.90. The number of carbonyl (C=O) groups excluding carboxylic acids is 2. The van der Waals surface area contributed by atoms with E-state index in [0.29, 0.717) is 25.1 Å². The molecule has 1 aliphatic heterocycles. The average Bonchev–Trinajstić information content (AvgIpc) is 2.72. The van der Waals surface area contributed by atoms with Crippen molar-refractivity contribution in [2.75, 3.05) is 23.3 Å². The van der Waals surface area contributed by atoms with E-state index in [1.165, 1.54) is 5.56 Å². The minimum absolute atomic E-state index is 0.0313. The molecule has 1 atom stereocenters. The fraction of sp³-hybridized carbons (Fsp3) is 0.458. The van der Waals surface area contributed by atoms with Crippen LogP contribution in [0.25, 0.3) is 0 Å². The van der Waals surface area contributed by atoms with Gasteiger partial charge in [0.05, 0.1) is 17.8 Å². The van der Waals surface area contributed by atoms with Gasteiger partial charge in [0.25, 0.3) is 0 Å².